The van der Waals surface area contributed by atoms with Gasteiger partial charge in [0.25, 0.3) is 0 Å². The second kappa shape index (κ2) is 5.80. The van der Waals surface area contributed by atoms with Crippen molar-refractivity contribution in [1.29, 1.82) is 0 Å². The number of fused-ring (bicyclic) bond motifs is 1. The van der Waals surface area contributed by atoms with Crippen LogP contribution in [0.25, 0.3) is 0 Å². The van der Waals surface area contributed by atoms with Gasteiger partial charge in [-0.1, -0.05) is 24.3 Å². The molecular formula is C20H21N3O2. The van der Waals surface area contributed by atoms with Gasteiger partial charge in [0.05, 0.1) is 5.41 Å². The van der Waals surface area contributed by atoms with Crippen LogP contribution in [0.15, 0.2) is 34.5 Å². The fourth-order valence-corrected chi connectivity index (χ4v) is 4.17. The molecule has 4 rings (SSSR count). The van der Waals surface area contributed by atoms with Crippen molar-refractivity contribution in [3.8, 4) is 12.3 Å². The highest BCUT2D eigenvalue weighted by Gasteiger charge is 2.50. The second-order valence-corrected chi connectivity index (χ2v) is 7.40. The Morgan fingerprint density at radius 1 is 1.28 bits per heavy atom. The molecule has 0 aromatic heterocycles. The highest BCUT2D eigenvalue weighted by Crippen LogP contribution is 2.44. The first-order valence-corrected chi connectivity index (χ1v) is 8.86. The maximum Gasteiger partial charge on any atom is 0.222 e. The van der Waals surface area contributed by atoms with E-state index < -0.39 is 11.1 Å². The van der Waals surface area contributed by atoms with Gasteiger partial charge in [0.15, 0.2) is 11.4 Å². The zero-order valence-electron chi connectivity index (χ0n) is 14.2. The van der Waals surface area contributed by atoms with Crippen molar-refractivity contribution in [2.75, 3.05) is 13.1 Å². The van der Waals surface area contributed by atoms with Crippen LogP contribution >= 0.6 is 0 Å². The smallest absolute Gasteiger partial charge is 0.222 e. The van der Waals surface area contributed by atoms with Crippen LogP contribution in [0, 0.1) is 17.8 Å². The van der Waals surface area contributed by atoms with Crippen LogP contribution in [-0.2, 0) is 11.2 Å². The Labute approximate surface area is 147 Å². The van der Waals surface area contributed by atoms with Crippen molar-refractivity contribution in [2.45, 2.75) is 44.2 Å². The van der Waals surface area contributed by atoms with Crippen molar-refractivity contribution < 1.29 is 9.59 Å². The highest BCUT2D eigenvalue weighted by atomic mass is 16.2. The van der Waals surface area contributed by atoms with Gasteiger partial charge in [-0.25, -0.2) is 0 Å². The van der Waals surface area contributed by atoms with Crippen LogP contribution < -0.4 is 0 Å². The van der Waals surface area contributed by atoms with Crippen molar-refractivity contribution >= 4 is 11.7 Å². The molecule has 1 fully saturated rings. The minimum Gasteiger partial charge on any atom is -0.342 e. The molecule has 1 saturated heterocycles. The molecule has 1 aromatic carbocycles. The average molecular weight is 335 g/mol. The quantitative estimate of drug-likeness (QED) is 0.777. The zero-order chi connectivity index (χ0) is 17.5. The number of benzene rings is 1. The number of nitrogens with zero attached hydrogens (tertiary/aromatic N) is 3. The summed E-state index contributed by atoms with van der Waals surface area (Å²) < 4.78 is 0. The van der Waals surface area contributed by atoms with Gasteiger partial charge >= 0.3 is 0 Å². The lowest BCUT2D eigenvalue weighted by Crippen LogP contribution is -2.35. The number of hydrogen-bond donors (Lipinski definition) is 0. The number of ketones is 1. The van der Waals surface area contributed by atoms with Gasteiger partial charge in [0.1, 0.15) is 0 Å². The number of carbonyl (C=O) groups excluding carboxylic acids is 2. The Morgan fingerprint density at radius 3 is 2.80 bits per heavy atom. The minimum absolute atomic E-state index is 0.0954. The summed E-state index contributed by atoms with van der Waals surface area (Å²) in [5.74, 6) is 2.90. The number of hydrogen-bond acceptors (Lipinski definition) is 4. The van der Waals surface area contributed by atoms with Crippen molar-refractivity contribution in [1.82, 2.24) is 4.90 Å². The van der Waals surface area contributed by atoms with E-state index in [1.807, 2.05) is 29.2 Å². The summed E-state index contributed by atoms with van der Waals surface area (Å²) in [6, 6.07) is 7.81. The largest absolute Gasteiger partial charge is 0.342 e. The summed E-state index contributed by atoms with van der Waals surface area (Å²) in [6.07, 6.45) is 9.17. The molecule has 5 nitrogen and oxygen atoms in total. The van der Waals surface area contributed by atoms with E-state index in [4.69, 9.17) is 6.42 Å². The van der Waals surface area contributed by atoms with Crippen molar-refractivity contribution in [3.63, 3.8) is 0 Å². The SMILES string of the molecule is C#CCCC1(CCC(=O)N2CCC3(Cc4ccccc4C3=O)C2)N=N1. The Kier molecular flexibility index (Phi) is 3.72. The van der Waals surface area contributed by atoms with Crippen molar-refractivity contribution in [3.05, 3.63) is 35.4 Å². The molecule has 1 amide bonds. The monoisotopic (exact) mass is 335 g/mol. The first-order valence-electron chi connectivity index (χ1n) is 8.86. The van der Waals surface area contributed by atoms with E-state index in [0.29, 0.717) is 38.8 Å². The Balaban J connectivity index is 1.36. The van der Waals surface area contributed by atoms with Crippen LogP contribution in [0.4, 0.5) is 0 Å². The lowest BCUT2D eigenvalue weighted by atomic mass is 9.83. The predicted molar refractivity (Wildman–Crippen MR) is 93.0 cm³/mol. The van der Waals surface area contributed by atoms with Gasteiger partial charge in [0.2, 0.25) is 5.91 Å². The molecule has 128 valence electrons. The first kappa shape index (κ1) is 16.0. The average Bonchev–Trinajstić information content (AvgIpc) is 3.19. The number of rotatable bonds is 5. The van der Waals surface area contributed by atoms with Gasteiger partial charge in [-0.15, -0.1) is 12.3 Å². The standard InChI is InChI=1S/C20H21N3O2/c1-2-3-9-20(21-22-20)10-8-17(24)23-12-11-19(14-23)13-15-6-4-5-7-16(15)18(19)25/h1,4-7H,3,8-14H2. The van der Waals surface area contributed by atoms with Gasteiger partial charge in [-0.2, -0.15) is 10.2 Å². The molecule has 3 aliphatic rings. The molecule has 1 aliphatic carbocycles. The molecule has 1 aromatic rings. The molecule has 5 heteroatoms. The van der Waals surface area contributed by atoms with E-state index in [1.165, 1.54) is 0 Å². The minimum atomic E-state index is -0.418. The molecule has 2 aliphatic heterocycles. The molecule has 0 bridgehead atoms. The maximum atomic E-state index is 12.8. The summed E-state index contributed by atoms with van der Waals surface area (Å²) in [5.41, 5.74) is 1.12. The predicted octanol–water partition coefficient (Wildman–Crippen LogP) is 3.00. The third kappa shape index (κ3) is 2.76. The van der Waals surface area contributed by atoms with Gasteiger partial charge < -0.3 is 4.90 Å². The van der Waals surface area contributed by atoms with Gasteiger partial charge in [-0.3, -0.25) is 9.59 Å². The molecule has 0 N–H and O–H groups in total. The second-order valence-electron chi connectivity index (χ2n) is 7.40. The van der Waals surface area contributed by atoms with Crippen LogP contribution in [0.2, 0.25) is 0 Å². The summed E-state index contributed by atoms with van der Waals surface area (Å²) in [6.45, 7) is 1.19. The van der Waals surface area contributed by atoms with E-state index >= 15 is 0 Å². The Hall–Kier alpha value is -2.48. The molecule has 1 atom stereocenters. The summed E-state index contributed by atoms with van der Waals surface area (Å²) >= 11 is 0. The van der Waals surface area contributed by atoms with Crippen molar-refractivity contribution in [2.24, 2.45) is 15.6 Å². The summed E-state index contributed by atoms with van der Waals surface area (Å²) in [4.78, 5) is 27.3. The van der Waals surface area contributed by atoms with Gasteiger partial charge in [-0.05, 0) is 18.4 Å². The third-order valence-electron chi connectivity index (χ3n) is 5.77. The molecular weight excluding hydrogens is 314 g/mol. The number of terminal acetylenes is 1. The molecule has 2 heterocycles. The third-order valence-corrected chi connectivity index (χ3v) is 5.77. The molecule has 1 spiro atoms. The maximum absolute atomic E-state index is 12.8. The molecule has 25 heavy (non-hydrogen) atoms. The summed E-state index contributed by atoms with van der Waals surface area (Å²) in [7, 11) is 0. The fourth-order valence-electron chi connectivity index (χ4n) is 4.17. The Morgan fingerprint density at radius 2 is 2.08 bits per heavy atom. The van der Waals surface area contributed by atoms with Crippen LogP contribution in [0.3, 0.4) is 0 Å². The number of carbonyl (C=O) groups is 2. The van der Waals surface area contributed by atoms with Crippen LogP contribution in [0.5, 0.6) is 0 Å². The fraction of sp³-hybridized carbons (Fsp3) is 0.500. The normalized spacial score (nSPS) is 25.2. The van der Waals surface area contributed by atoms with Crippen LogP contribution in [0.1, 0.15) is 48.0 Å². The topological polar surface area (TPSA) is 62.1 Å². The highest BCUT2D eigenvalue weighted by molar-refractivity contribution is 6.05. The van der Waals surface area contributed by atoms with E-state index in [2.05, 4.69) is 16.1 Å². The Bertz CT molecular complexity index is 801. The van der Waals surface area contributed by atoms with E-state index in [1.54, 1.807) is 0 Å². The zero-order valence-corrected chi connectivity index (χ0v) is 14.2. The molecule has 1 unspecified atom stereocenters. The molecule has 0 radical (unpaired) electrons. The number of Topliss-reactive ketones (excluding diaryl/α,β-unsaturated/α-hetero) is 1. The summed E-state index contributed by atoms with van der Waals surface area (Å²) in [5, 5.41) is 8.17. The van der Waals surface area contributed by atoms with E-state index in [0.717, 1.165) is 24.0 Å². The first-order chi connectivity index (χ1) is 12.1. The number of likely N-dealkylation sites (tertiary alicyclic amines) is 1. The van der Waals surface area contributed by atoms with Crippen LogP contribution in [-0.4, -0.2) is 35.3 Å². The number of amides is 1. The molecule has 0 saturated carbocycles. The van der Waals surface area contributed by atoms with Gasteiger partial charge in [0, 0.05) is 44.3 Å². The van der Waals surface area contributed by atoms with E-state index in [-0.39, 0.29) is 11.7 Å². The lowest BCUT2D eigenvalue weighted by Gasteiger charge is -2.22. The van der Waals surface area contributed by atoms with E-state index in [9.17, 15) is 9.59 Å². The lowest BCUT2D eigenvalue weighted by molar-refractivity contribution is -0.130.